The summed E-state index contributed by atoms with van der Waals surface area (Å²) in [7, 11) is 0. The van der Waals surface area contributed by atoms with Crippen molar-refractivity contribution in [3.63, 3.8) is 0 Å². The van der Waals surface area contributed by atoms with E-state index in [1.807, 2.05) is 13.8 Å². The zero-order chi connectivity index (χ0) is 39.5. The number of aliphatic carboxylic acids is 1. The average Bonchev–Trinajstić information content (AvgIpc) is 3.65. The Morgan fingerprint density at radius 2 is 1.30 bits per heavy atom. The van der Waals surface area contributed by atoms with Crippen LogP contribution in [0.5, 0.6) is 5.75 Å². The number of carbonyl (C=O) groups is 6. The molecular formula is C36H60N8O9. The van der Waals surface area contributed by atoms with Crippen LogP contribution < -0.4 is 43.4 Å². The van der Waals surface area contributed by atoms with Gasteiger partial charge in [0.1, 0.15) is 36.0 Å². The minimum absolute atomic E-state index is 0.0378. The van der Waals surface area contributed by atoms with Gasteiger partial charge in [0, 0.05) is 6.42 Å². The molecule has 1 fully saturated rings. The number of nitrogens with one attached hydrogen (secondary N) is 6. The Bertz CT molecular complexity index is 1340. The number of phenols is 1. The van der Waals surface area contributed by atoms with E-state index in [4.69, 9.17) is 11.5 Å². The predicted octanol–water partition coefficient (Wildman–Crippen LogP) is -1.12. The molecule has 1 aromatic rings. The Balaban J connectivity index is 2.27. The number of aliphatic hydroxyl groups excluding tert-OH is 1. The fourth-order valence-corrected chi connectivity index (χ4v) is 5.94. The Morgan fingerprint density at radius 1 is 0.755 bits per heavy atom. The number of rotatable bonds is 24. The minimum Gasteiger partial charge on any atom is -0.508 e. The molecular weight excluding hydrogens is 688 g/mol. The Morgan fingerprint density at radius 3 is 1.83 bits per heavy atom. The first-order valence-electron chi connectivity index (χ1n) is 18.5. The van der Waals surface area contributed by atoms with E-state index < -0.39 is 72.0 Å². The molecule has 1 aromatic carbocycles. The van der Waals surface area contributed by atoms with Crippen molar-refractivity contribution in [3.8, 4) is 5.75 Å². The maximum Gasteiger partial charge on any atom is 0.326 e. The summed E-state index contributed by atoms with van der Waals surface area (Å²) in [6.45, 7) is 6.31. The Kier molecular flexibility index (Phi) is 19.8. The van der Waals surface area contributed by atoms with Gasteiger partial charge in [0.2, 0.25) is 29.5 Å². The quantitative estimate of drug-likeness (QED) is 0.0561. The molecule has 1 heterocycles. The lowest BCUT2D eigenvalue weighted by atomic mass is 9.99. The van der Waals surface area contributed by atoms with Crippen molar-refractivity contribution in [1.82, 2.24) is 31.9 Å². The van der Waals surface area contributed by atoms with Gasteiger partial charge in [-0.2, -0.15) is 0 Å². The van der Waals surface area contributed by atoms with E-state index >= 15 is 0 Å². The van der Waals surface area contributed by atoms with Crippen molar-refractivity contribution < 1.29 is 44.1 Å². The van der Waals surface area contributed by atoms with Gasteiger partial charge >= 0.3 is 5.97 Å². The summed E-state index contributed by atoms with van der Waals surface area (Å²) in [6, 6.07) is -0.507. The number of phenolic OH excluding ortho intramolecular Hbond substituents is 1. The molecule has 0 aromatic heterocycles. The Labute approximate surface area is 311 Å². The first kappa shape index (κ1) is 44.8. The van der Waals surface area contributed by atoms with Crippen LogP contribution in [0.3, 0.4) is 0 Å². The van der Waals surface area contributed by atoms with Gasteiger partial charge in [0.05, 0.1) is 12.1 Å². The molecule has 0 aliphatic carbocycles. The van der Waals surface area contributed by atoms with Crippen LogP contribution in [0, 0.1) is 5.92 Å². The smallest absolute Gasteiger partial charge is 0.326 e. The molecule has 0 saturated carbocycles. The maximum atomic E-state index is 13.9. The molecule has 13 N–H and O–H groups in total. The maximum absolute atomic E-state index is 13.9. The summed E-state index contributed by atoms with van der Waals surface area (Å²) < 4.78 is 0. The van der Waals surface area contributed by atoms with Gasteiger partial charge in [0.15, 0.2) is 0 Å². The molecule has 2 rings (SSSR count). The molecule has 7 atom stereocenters. The second kappa shape index (κ2) is 23.4. The van der Waals surface area contributed by atoms with Crippen molar-refractivity contribution in [2.24, 2.45) is 17.4 Å². The molecule has 5 amide bonds. The lowest BCUT2D eigenvalue weighted by molar-refractivity contribution is -0.143. The summed E-state index contributed by atoms with van der Waals surface area (Å²) in [5.41, 5.74) is 11.8. The second-order valence-electron chi connectivity index (χ2n) is 14.0. The molecule has 1 aliphatic rings. The summed E-state index contributed by atoms with van der Waals surface area (Å²) >= 11 is 0. The fraction of sp³-hybridized carbons (Fsp3) is 0.667. The van der Waals surface area contributed by atoms with Crippen LogP contribution in [-0.2, 0) is 35.2 Å². The summed E-state index contributed by atoms with van der Waals surface area (Å²) in [5.74, 6) is -4.71. The fourth-order valence-electron chi connectivity index (χ4n) is 5.94. The largest absolute Gasteiger partial charge is 0.508 e. The number of unbranched alkanes of at least 4 members (excludes halogenated alkanes) is 2. The summed E-state index contributed by atoms with van der Waals surface area (Å²) in [5, 5.41) is 45.9. The number of carbonyl (C=O) groups excluding carboxylic acids is 5. The molecule has 1 saturated heterocycles. The van der Waals surface area contributed by atoms with Crippen LogP contribution in [0.2, 0.25) is 0 Å². The van der Waals surface area contributed by atoms with Crippen molar-refractivity contribution in [1.29, 1.82) is 0 Å². The molecule has 0 spiro atoms. The monoisotopic (exact) mass is 748 g/mol. The molecule has 0 bridgehead atoms. The topological polar surface area (TPSA) is 287 Å². The summed E-state index contributed by atoms with van der Waals surface area (Å²) in [6.07, 6.45) is 2.36. The number of carboxylic acid groups (broad SMARTS) is 1. The number of nitrogens with two attached hydrogens (primary N) is 2. The average molecular weight is 749 g/mol. The van der Waals surface area contributed by atoms with Crippen molar-refractivity contribution >= 4 is 35.5 Å². The number of aromatic hydroxyl groups is 1. The van der Waals surface area contributed by atoms with Crippen molar-refractivity contribution in [2.45, 2.75) is 127 Å². The van der Waals surface area contributed by atoms with E-state index in [0.717, 1.165) is 6.42 Å². The van der Waals surface area contributed by atoms with Gasteiger partial charge in [-0.3, -0.25) is 24.0 Å². The highest BCUT2D eigenvalue weighted by atomic mass is 16.4. The van der Waals surface area contributed by atoms with E-state index in [2.05, 4.69) is 31.9 Å². The third-order valence-corrected chi connectivity index (χ3v) is 8.93. The van der Waals surface area contributed by atoms with Crippen LogP contribution in [0.25, 0.3) is 0 Å². The molecule has 17 nitrogen and oxygen atoms in total. The zero-order valence-electron chi connectivity index (χ0n) is 31.1. The van der Waals surface area contributed by atoms with Gasteiger partial charge in [-0.25, -0.2) is 4.79 Å². The van der Waals surface area contributed by atoms with E-state index in [1.54, 1.807) is 12.1 Å². The van der Waals surface area contributed by atoms with Crippen molar-refractivity contribution in [2.75, 3.05) is 19.6 Å². The highest BCUT2D eigenvalue weighted by Crippen LogP contribution is 2.14. The first-order valence-corrected chi connectivity index (χ1v) is 18.5. The minimum atomic E-state index is -1.54. The van der Waals surface area contributed by atoms with Crippen LogP contribution in [0.15, 0.2) is 24.3 Å². The highest BCUT2D eigenvalue weighted by Gasteiger charge is 2.35. The van der Waals surface area contributed by atoms with Crippen LogP contribution in [-0.4, -0.2) is 113 Å². The Hall–Kier alpha value is -4.32. The molecule has 298 valence electrons. The molecule has 53 heavy (non-hydrogen) atoms. The van der Waals surface area contributed by atoms with Gasteiger partial charge in [-0.1, -0.05) is 26.0 Å². The van der Waals surface area contributed by atoms with Gasteiger partial charge in [-0.05, 0) is 108 Å². The number of hydrogen-bond acceptors (Lipinski definition) is 11. The number of amides is 5. The van der Waals surface area contributed by atoms with E-state index in [1.165, 1.54) is 19.1 Å². The van der Waals surface area contributed by atoms with Crippen molar-refractivity contribution in [3.05, 3.63) is 29.8 Å². The van der Waals surface area contributed by atoms with E-state index in [-0.39, 0.29) is 43.3 Å². The van der Waals surface area contributed by atoms with E-state index in [9.17, 15) is 44.1 Å². The van der Waals surface area contributed by atoms with Gasteiger partial charge in [0.25, 0.3) is 0 Å². The third kappa shape index (κ3) is 16.1. The van der Waals surface area contributed by atoms with Crippen LogP contribution in [0.1, 0.15) is 84.1 Å². The molecule has 1 aliphatic heterocycles. The summed E-state index contributed by atoms with van der Waals surface area (Å²) in [4.78, 5) is 79.3. The molecule has 0 unspecified atom stereocenters. The van der Waals surface area contributed by atoms with E-state index in [0.29, 0.717) is 57.3 Å². The zero-order valence-corrected chi connectivity index (χ0v) is 31.1. The third-order valence-electron chi connectivity index (χ3n) is 8.93. The SMILES string of the molecule is CC(C)C[C@H](NC(=O)[C@H](Cc1ccc(O)cc1)NC(=O)[C@@H]1CCCN1)C(=O)N[C@@H](CCCCN)C(=O)N[C@H](C(=O)N[C@@H](CCCCN)C(=O)O)[C@@H](C)O. The first-order chi connectivity index (χ1) is 25.2. The number of hydrogen-bond donors (Lipinski definition) is 11. The predicted molar refractivity (Wildman–Crippen MR) is 197 cm³/mol. The molecule has 0 radical (unpaired) electrons. The lowest BCUT2D eigenvalue weighted by Crippen LogP contribution is -2.61. The number of benzene rings is 1. The standard InChI is InChI=1S/C36H60N8O9/c1-21(2)19-28(42-34(50)29(20-23-12-14-24(46)15-13-23)43-31(47)25-11-8-18-39-25)33(49)40-26(9-4-6-16-37)32(48)44-30(22(3)45)35(51)41-27(36(52)53)10-5-7-17-38/h12-15,21-22,25-30,39,45-46H,4-11,16-20,37-38H2,1-3H3,(H,40,49)(H,41,51)(H,42,50)(H,43,47)(H,44,48)(H,52,53)/t22-,25+,26+,27+,28+,29+,30+/m1/s1. The van der Waals surface area contributed by atoms with Crippen LogP contribution >= 0.6 is 0 Å². The lowest BCUT2D eigenvalue weighted by Gasteiger charge is -2.28. The number of aliphatic hydroxyl groups is 1. The highest BCUT2D eigenvalue weighted by molar-refractivity contribution is 5.96. The normalized spacial score (nSPS) is 17.5. The van der Waals surface area contributed by atoms with Gasteiger partial charge < -0.3 is 58.7 Å². The number of carboxylic acids is 1. The van der Waals surface area contributed by atoms with Gasteiger partial charge in [-0.15, -0.1) is 0 Å². The van der Waals surface area contributed by atoms with Crippen LogP contribution in [0.4, 0.5) is 0 Å². The molecule has 17 heteroatoms. The second-order valence-corrected chi connectivity index (χ2v) is 14.0.